The lowest BCUT2D eigenvalue weighted by Crippen LogP contribution is -2.45. The van der Waals surface area contributed by atoms with Crippen LogP contribution in [0.15, 0.2) is 0 Å². The summed E-state index contributed by atoms with van der Waals surface area (Å²) in [4.78, 5) is 24.4. The average Bonchev–Trinajstić information content (AvgIpc) is 2.15. The second-order valence-corrected chi connectivity index (χ2v) is 5.80. The summed E-state index contributed by atoms with van der Waals surface area (Å²) in [6.07, 6.45) is 0.214. The summed E-state index contributed by atoms with van der Waals surface area (Å²) in [5, 5.41) is 8.76. The van der Waals surface area contributed by atoms with Crippen molar-refractivity contribution in [3.05, 3.63) is 0 Å². The van der Waals surface area contributed by atoms with Crippen LogP contribution >= 0.6 is 0 Å². The van der Waals surface area contributed by atoms with E-state index in [1.54, 1.807) is 11.8 Å². The Kier molecular flexibility index (Phi) is 6.32. The molecule has 0 fully saturated rings. The van der Waals surface area contributed by atoms with Crippen molar-refractivity contribution >= 4 is 11.9 Å². The number of amides is 1. The Hall–Kier alpha value is -1.10. The zero-order valence-corrected chi connectivity index (χ0v) is 12.1. The summed E-state index contributed by atoms with van der Waals surface area (Å²) in [6, 6.07) is -0.525. The predicted octanol–water partition coefficient (Wildman–Crippen LogP) is 1.46. The maximum atomic E-state index is 12.1. The maximum Gasteiger partial charge on any atom is 0.305 e. The molecule has 0 aliphatic carbocycles. The molecule has 0 saturated carbocycles. The maximum absolute atomic E-state index is 12.1. The van der Waals surface area contributed by atoms with E-state index >= 15 is 0 Å². The van der Waals surface area contributed by atoms with Gasteiger partial charge in [0.15, 0.2) is 0 Å². The van der Waals surface area contributed by atoms with Crippen molar-refractivity contribution in [3.8, 4) is 0 Å². The average molecular weight is 258 g/mol. The molecule has 1 amide bonds. The van der Waals surface area contributed by atoms with Gasteiger partial charge in [0.1, 0.15) is 0 Å². The number of carboxylic acid groups (broad SMARTS) is 1. The number of nitrogens with zero attached hydrogens (tertiary/aromatic N) is 1. The monoisotopic (exact) mass is 258 g/mol. The van der Waals surface area contributed by atoms with Gasteiger partial charge >= 0.3 is 5.97 Å². The molecule has 0 aromatic rings. The Morgan fingerprint density at radius 2 is 1.78 bits per heavy atom. The minimum absolute atomic E-state index is 0.0374. The van der Waals surface area contributed by atoms with Crippen LogP contribution in [0.2, 0.25) is 0 Å². The third-order valence-electron chi connectivity index (χ3n) is 3.17. The van der Waals surface area contributed by atoms with Gasteiger partial charge in [0.2, 0.25) is 5.91 Å². The Morgan fingerprint density at radius 1 is 1.28 bits per heavy atom. The molecule has 0 radical (unpaired) electrons. The number of hydrogen-bond acceptors (Lipinski definition) is 3. The van der Waals surface area contributed by atoms with Crippen molar-refractivity contribution in [3.63, 3.8) is 0 Å². The third-order valence-corrected chi connectivity index (χ3v) is 3.17. The van der Waals surface area contributed by atoms with Crippen molar-refractivity contribution in [2.45, 2.75) is 59.5 Å². The molecule has 0 aliphatic rings. The van der Waals surface area contributed by atoms with Gasteiger partial charge in [-0.25, -0.2) is 0 Å². The van der Waals surface area contributed by atoms with Crippen molar-refractivity contribution < 1.29 is 14.7 Å². The van der Waals surface area contributed by atoms with Gasteiger partial charge in [0.25, 0.3) is 0 Å². The molecule has 0 spiro atoms. The summed E-state index contributed by atoms with van der Waals surface area (Å²) in [6.45, 7) is 10.1. The third kappa shape index (κ3) is 5.49. The summed E-state index contributed by atoms with van der Waals surface area (Å²) in [5.41, 5.74) is 5.85. The minimum atomic E-state index is -0.895. The van der Waals surface area contributed by atoms with Crippen LogP contribution in [0.1, 0.15) is 47.5 Å². The number of nitrogens with two attached hydrogens (primary N) is 1. The van der Waals surface area contributed by atoms with E-state index in [1.807, 2.05) is 27.7 Å². The number of aliphatic carboxylic acids is 1. The largest absolute Gasteiger partial charge is 0.481 e. The summed E-state index contributed by atoms with van der Waals surface area (Å²) >= 11 is 0. The minimum Gasteiger partial charge on any atom is -0.481 e. The van der Waals surface area contributed by atoms with E-state index in [4.69, 9.17) is 10.8 Å². The number of rotatable bonds is 6. The van der Waals surface area contributed by atoms with Crippen molar-refractivity contribution in [1.29, 1.82) is 0 Å². The highest BCUT2D eigenvalue weighted by atomic mass is 16.4. The molecule has 5 heteroatoms. The van der Waals surface area contributed by atoms with E-state index in [0.717, 1.165) is 0 Å². The van der Waals surface area contributed by atoms with Crippen LogP contribution in [0.4, 0.5) is 0 Å². The molecule has 2 atom stereocenters. The van der Waals surface area contributed by atoms with E-state index in [2.05, 4.69) is 0 Å². The fourth-order valence-electron chi connectivity index (χ4n) is 1.71. The first-order chi connectivity index (χ1) is 8.09. The zero-order valence-electron chi connectivity index (χ0n) is 12.1. The Balaban J connectivity index is 4.58. The lowest BCUT2D eigenvalue weighted by atomic mass is 9.85. The van der Waals surface area contributed by atoms with E-state index in [-0.39, 0.29) is 36.2 Å². The quantitative estimate of drug-likeness (QED) is 0.755. The highest BCUT2D eigenvalue weighted by molar-refractivity contribution is 5.78. The lowest BCUT2D eigenvalue weighted by Gasteiger charge is -2.32. The fourth-order valence-corrected chi connectivity index (χ4v) is 1.71. The van der Waals surface area contributed by atoms with Crippen molar-refractivity contribution in [1.82, 2.24) is 4.90 Å². The first-order valence-electron chi connectivity index (χ1n) is 6.36. The smallest absolute Gasteiger partial charge is 0.305 e. The van der Waals surface area contributed by atoms with Gasteiger partial charge < -0.3 is 15.7 Å². The molecule has 106 valence electrons. The summed E-state index contributed by atoms with van der Waals surface area (Å²) < 4.78 is 0. The summed E-state index contributed by atoms with van der Waals surface area (Å²) in [7, 11) is 0. The Bertz CT molecular complexity index is 297. The van der Waals surface area contributed by atoms with Gasteiger partial charge in [-0.05, 0) is 19.3 Å². The number of carbonyl (C=O) groups excluding carboxylic acids is 1. The van der Waals surface area contributed by atoms with Gasteiger partial charge in [-0.15, -0.1) is 0 Å². The van der Waals surface area contributed by atoms with Crippen molar-refractivity contribution in [2.24, 2.45) is 11.1 Å². The molecular weight excluding hydrogens is 232 g/mol. The summed E-state index contributed by atoms with van der Waals surface area (Å²) in [5.74, 6) is -0.970. The van der Waals surface area contributed by atoms with E-state index in [9.17, 15) is 9.59 Å². The Labute approximate surface area is 109 Å². The van der Waals surface area contributed by atoms with Crippen LogP contribution < -0.4 is 5.73 Å². The molecule has 2 unspecified atom stereocenters. The zero-order chi connectivity index (χ0) is 14.5. The van der Waals surface area contributed by atoms with Gasteiger partial charge in [-0.3, -0.25) is 9.59 Å². The number of carboxylic acids is 1. The predicted molar refractivity (Wildman–Crippen MR) is 71.1 cm³/mol. The van der Waals surface area contributed by atoms with E-state index in [1.165, 1.54) is 0 Å². The molecule has 0 heterocycles. The molecule has 5 nitrogen and oxygen atoms in total. The van der Waals surface area contributed by atoms with Crippen LogP contribution in [0.5, 0.6) is 0 Å². The molecule has 0 rings (SSSR count). The number of carbonyl (C=O) groups is 2. The van der Waals surface area contributed by atoms with E-state index in [0.29, 0.717) is 6.54 Å². The van der Waals surface area contributed by atoms with Crippen LogP contribution in [-0.4, -0.2) is 40.5 Å². The first kappa shape index (κ1) is 16.9. The molecule has 3 N–H and O–H groups in total. The topological polar surface area (TPSA) is 83.6 Å². The number of hydrogen-bond donors (Lipinski definition) is 2. The van der Waals surface area contributed by atoms with E-state index < -0.39 is 5.97 Å². The van der Waals surface area contributed by atoms with Gasteiger partial charge in [0.05, 0.1) is 6.42 Å². The van der Waals surface area contributed by atoms with Crippen LogP contribution in [0.3, 0.4) is 0 Å². The van der Waals surface area contributed by atoms with Crippen LogP contribution in [0.25, 0.3) is 0 Å². The molecule has 0 aliphatic heterocycles. The second-order valence-electron chi connectivity index (χ2n) is 5.80. The van der Waals surface area contributed by atoms with Crippen molar-refractivity contribution in [2.75, 3.05) is 6.54 Å². The molecule has 0 bridgehead atoms. The molecule has 18 heavy (non-hydrogen) atoms. The standard InChI is InChI=1S/C13H26N2O3/c1-6-15(9(2)7-12(17)18)11(16)8-10(14)13(3,4)5/h9-10H,6-8,14H2,1-5H3,(H,17,18). The highest BCUT2D eigenvalue weighted by Crippen LogP contribution is 2.21. The Morgan fingerprint density at radius 3 is 2.11 bits per heavy atom. The highest BCUT2D eigenvalue weighted by Gasteiger charge is 2.27. The van der Waals surface area contributed by atoms with Crippen LogP contribution in [0, 0.1) is 5.41 Å². The SMILES string of the molecule is CCN(C(=O)CC(N)C(C)(C)C)C(C)CC(=O)O. The normalized spacial score (nSPS) is 15.0. The fraction of sp³-hybridized carbons (Fsp3) is 0.846. The van der Waals surface area contributed by atoms with Gasteiger partial charge in [-0.2, -0.15) is 0 Å². The van der Waals surface area contributed by atoms with Gasteiger partial charge in [0, 0.05) is 25.0 Å². The lowest BCUT2D eigenvalue weighted by molar-refractivity contribution is -0.140. The first-order valence-corrected chi connectivity index (χ1v) is 6.36. The van der Waals surface area contributed by atoms with Gasteiger partial charge in [-0.1, -0.05) is 20.8 Å². The van der Waals surface area contributed by atoms with Crippen LogP contribution in [-0.2, 0) is 9.59 Å². The molecular formula is C13H26N2O3. The second kappa shape index (κ2) is 6.73. The molecule has 0 aromatic heterocycles. The molecule has 0 aromatic carbocycles. The molecule has 0 saturated heterocycles.